The van der Waals surface area contributed by atoms with Gasteiger partial charge >= 0.3 is 5.97 Å². The quantitative estimate of drug-likeness (QED) is 0.751. The van der Waals surface area contributed by atoms with Gasteiger partial charge in [-0.25, -0.2) is 4.79 Å². The fourth-order valence-corrected chi connectivity index (χ4v) is 2.89. The molecule has 0 bridgehead atoms. The van der Waals surface area contributed by atoms with Crippen LogP contribution in [0.2, 0.25) is 0 Å². The topological polar surface area (TPSA) is 70.0 Å². The van der Waals surface area contributed by atoms with Crippen molar-refractivity contribution in [2.24, 2.45) is 0 Å². The molecule has 1 saturated heterocycles. The first-order valence-electron chi connectivity index (χ1n) is 6.28. The lowest BCUT2D eigenvalue weighted by Gasteiger charge is -2.52. The summed E-state index contributed by atoms with van der Waals surface area (Å²) in [5, 5.41) is 18.5. The molecule has 0 radical (unpaired) electrons. The predicted molar refractivity (Wildman–Crippen MR) is 61.8 cm³/mol. The Balaban J connectivity index is 1.78. The third-order valence-corrected chi connectivity index (χ3v) is 3.78. The first-order chi connectivity index (χ1) is 8.00. The third kappa shape index (κ3) is 2.97. The molecule has 2 fully saturated rings. The maximum atomic E-state index is 10.4. The molecule has 2 rings (SSSR count). The number of nitrogens with zero attached hydrogens (tertiary/aromatic N) is 1. The first kappa shape index (κ1) is 12.8. The molecular formula is C12H21NO4. The van der Waals surface area contributed by atoms with E-state index in [2.05, 4.69) is 4.90 Å². The van der Waals surface area contributed by atoms with E-state index < -0.39 is 5.97 Å². The highest BCUT2D eigenvalue weighted by Gasteiger charge is 2.45. The fourth-order valence-electron chi connectivity index (χ4n) is 2.89. The molecule has 2 aliphatic rings. The van der Waals surface area contributed by atoms with Crippen molar-refractivity contribution in [1.29, 1.82) is 0 Å². The Morgan fingerprint density at radius 3 is 2.65 bits per heavy atom. The number of rotatable bonds is 4. The smallest absolute Gasteiger partial charge is 0.329 e. The molecule has 0 aromatic rings. The fraction of sp³-hybridized carbons (Fsp3) is 0.917. The van der Waals surface area contributed by atoms with E-state index in [0.29, 0.717) is 0 Å². The Morgan fingerprint density at radius 2 is 2.06 bits per heavy atom. The van der Waals surface area contributed by atoms with Crippen LogP contribution >= 0.6 is 0 Å². The van der Waals surface area contributed by atoms with Crippen molar-refractivity contribution in [3.05, 3.63) is 0 Å². The van der Waals surface area contributed by atoms with E-state index in [9.17, 15) is 9.90 Å². The predicted octanol–water partition coefficient (Wildman–Crippen LogP) is 0.465. The first-order valence-corrected chi connectivity index (χ1v) is 6.28. The SMILES string of the molecule is CC1(OCC(=O)O)CN(C2CCCCC2O)C1. The number of ether oxygens (including phenoxy) is 1. The normalized spacial score (nSPS) is 33.1. The van der Waals surface area contributed by atoms with Gasteiger partial charge in [-0.05, 0) is 19.8 Å². The van der Waals surface area contributed by atoms with Crippen LogP contribution in [0.5, 0.6) is 0 Å². The molecule has 5 heteroatoms. The minimum atomic E-state index is -0.928. The summed E-state index contributed by atoms with van der Waals surface area (Å²) in [6.45, 7) is 3.14. The number of aliphatic hydroxyl groups excluding tert-OH is 1. The van der Waals surface area contributed by atoms with Gasteiger partial charge in [-0.15, -0.1) is 0 Å². The van der Waals surface area contributed by atoms with Gasteiger partial charge in [0.25, 0.3) is 0 Å². The highest BCUT2D eigenvalue weighted by atomic mass is 16.5. The van der Waals surface area contributed by atoms with Gasteiger partial charge in [-0.1, -0.05) is 12.8 Å². The number of carboxylic acid groups (broad SMARTS) is 1. The molecule has 2 N–H and O–H groups in total. The van der Waals surface area contributed by atoms with Crippen LogP contribution < -0.4 is 0 Å². The Morgan fingerprint density at radius 1 is 1.41 bits per heavy atom. The second kappa shape index (κ2) is 4.92. The lowest BCUT2D eigenvalue weighted by atomic mass is 9.86. The second-order valence-corrected chi connectivity index (χ2v) is 5.46. The number of likely N-dealkylation sites (tertiary alicyclic amines) is 1. The van der Waals surface area contributed by atoms with Crippen LogP contribution in [-0.4, -0.2) is 58.5 Å². The Labute approximate surface area is 101 Å². The summed E-state index contributed by atoms with van der Waals surface area (Å²) in [6, 6.07) is 0.241. The molecule has 1 saturated carbocycles. The number of hydrogen-bond donors (Lipinski definition) is 2. The Hall–Kier alpha value is -0.650. The van der Waals surface area contributed by atoms with Gasteiger partial charge in [0.2, 0.25) is 0 Å². The molecule has 0 spiro atoms. The molecule has 17 heavy (non-hydrogen) atoms. The minimum Gasteiger partial charge on any atom is -0.480 e. The molecule has 1 heterocycles. The summed E-state index contributed by atoms with van der Waals surface area (Å²) >= 11 is 0. The summed E-state index contributed by atoms with van der Waals surface area (Å²) in [5.41, 5.74) is -0.352. The van der Waals surface area contributed by atoms with Gasteiger partial charge in [0.1, 0.15) is 6.61 Å². The van der Waals surface area contributed by atoms with Crippen molar-refractivity contribution >= 4 is 5.97 Å². The van der Waals surface area contributed by atoms with Gasteiger partial charge in [0, 0.05) is 19.1 Å². The number of carboxylic acids is 1. The van der Waals surface area contributed by atoms with Crippen molar-refractivity contribution in [1.82, 2.24) is 4.90 Å². The van der Waals surface area contributed by atoms with E-state index in [-0.39, 0.29) is 24.4 Å². The molecule has 98 valence electrons. The van der Waals surface area contributed by atoms with Crippen molar-refractivity contribution in [2.45, 2.75) is 50.4 Å². The molecule has 1 aliphatic carbocycles. The maximum absolute atomic E-state index is 10.4. The van der Waals surface area contributed by atoms with Crippen LogP contribution in [0.4, 0.5) is 0 Å². The molecule has 0 aromatic carbocycles. The zero-order valence-corrected chi connectivity index (χ0v) is 10.3. The van der Waals surface area contributed by atoms with E-state index in [0.717, 1.165) is 32.4 Å². The number of aliphatic carboxylic acids is 1. The maximum Gasteiger partial charge on any atom is 0.329 e. The van der Waals surface area contributed by atoms with Crippen LogP contribution in [0.3, 0.4) is 0 Å². The van der Waals surface area contributed by atoms with Crippen LogP contribution in [0.1, 0.15) is 32.6 Å². The second-order valence-electron chi connectivity index (χ2n) is 5.46. The zero-order valence-electron chi connectivity index (χ0n) is 10.3. The molecule has 2 unspecified atom stereocenters. The molecule has 0 aromatic heterocycles. The van der Waals surface area contributed by atoms with E-state index in [1.165, 1.54) is 6.42 Å². The van der Waals surface area contributed by atoms with Gasteiger partial charge in [0.05, 0.1) is 11.7 Å². The van der Waals surface area contributed by atoms with Crippen LogP contribution in [-0.2, 0) is 9.53 Å². The number of hydrogen-bond acceptors (Lipinski definition) is 4. The number of carbonyl (C=O) groups is 1. The minimum absolute atomic E-state index is 0.229. The Bertz CT molecular complexity index is 288. The molecular weight excluding hydrogens is 222 g/mol. The van der Waals surface area contributed by atoms with E-state index >= 15 is 0 Å². The summed E-state index contributed by atoms with van der Waals surface area (Å²) in [4.78, 5) is 12.7. The van der Waals surface area contributed by atoms with Gasteiger partial charge < -0.3 is 14.9 Å². The number of aliphatic hydroxyl groups is 1. The monoisotopic (exact) mass is 243 g/mol. The van der Waals surface area contributed by atoms with Crippen molar-refractivity contribution in [2.75, 3.05) is 19.7 Å². The highest BCUT2D eigenvalue weighted by molar-refractivity contribution is 5.68. The van der Waals surface area contributed by atoms with E-state index in [1.54, 1.807) is 0 Å². The van der Waals surface area contributed by atoms with Crippen LogP contribution in [0.25, 0.3) is 0 Å². The molecule has 0 amide bonds. The van der Waals surface area contributed by atoms with Gasteiger partial charge in [-0.3, -0.25) is 4.90 Å². The van der Waals surface area contributed by atoms with Crippen molar-refractivity contribution < 1.29 is 19.7 Å². The van der Waals surface area contributed by atoms with E-state index in [4.69, 9.17) is 9.84 Å². The zero-order chi connectivity index (χ0) is 12.5. The largest absolute Gasteiger partial charge is 0.480 e. The average Bonchev–Trinajstić information content (AvgIpc) is 2.23. The lowest BCUT2D eigenvalue weighted by molar-refractivity contribution is -0.177. The summed E-state index contributed by atoms with van der Waals surface area (Å²) in [5.74, 6) is -0.928. The van der Waals surface area contributed by atoms with E-state index in [1.807, 2.05) is 6.92 Å². The lowest BCUT2D eigenvalue weighted by Crippen LogP contribution is -2.66. The van der Waals surface area contributed by atoms with Crippen LogP contribution in [0, 0.1) is 0 Å². The molecule has 5 nitrogen and oxygen atoms in total. The summed E-state index contributed by atoms with van der Waals surface area (Å²) in [7, 11) is 0. The molecule has 2 atom stereocenters. The summed E-state index contributed by atoms with van der Waals surface area (Å²) < 4.78 is 5.36. The highest BCUT2D eigenvalue weighted by Crippen LogP contribution is 2.32. The van der Waals surface area contributed by atoms with Gasteiger partial charge in [0.15, 0.2) is 0 Å². The Kier molecular flexibility index (Phi) is 3.70. The standard InChI is InChI=1S/C12H21NO4/c1-12(17-6-11(15)16)7-13(8-12)9-4-2-3-5-10(9)14/h9-10,14H,2-8H2,1H3,(H,15,16). The third-order valence-electron chi connectivity index (χ3n) is 3.78. The van der Waals surface area contributed by atoms with Crippen LogP contribution in [0.15, 0.2) is 0 Å². The molecule has 1 aliphatic heterocycles. The van der Waals surface area contributed by atoms with Crippen molar-refractivity contribution in [3.63, 3.8) is 0 Å². The van der Waals surface area contributed by atoms with Crippen molar-refractivity contribution in [3.8, 4) is 0 Å². The summed E-state index contributed by atoms with van der Waals surface area (Å²) in [6.07, 6.45) is 3.97. The average molecular weight is 243 g/mol. The van der Waals surface area contributed by atoms with Gasteiger partial charge in [-0.2, -0.15) is 0 Å².